The van der Waals surface area contributed by atoms with Crippen molar-refractivity contribution >= 4 is 5.91 Å². The molecule has 0 aliphatic carbocycles. The van der Waals surface area contributed by atoms with Crippen molar-refractivity contribution < 1.29 is 9.53 Å². The first-order valence-corrected chi connectivity index (χ1v) is 9.77. The van der Waals surface area contributed by atoms with Gasteiger partial charge in [0.25, 0.3) is 5.91 Å². The Balaban J connectivity index is 1.39. The Bertz CT molecular complexity index is 742. The molecule has 4 heterocycles. The zero-order valence-corrected chi connectivity index (χ0v) is 15.6. The molecule has 1 saturated heterocycles. The molecular formula is C20H27N5O2. The number of hydrogen-bond donors (Lipinski definition) is 1. The maximum Gasteiger partial charge on any atom is 0.252 e. The van der Waals surface area contributed by atoms with Gasteiger partial charge in [-0.3, -0.25) is 19.4 Å². The molecule has 2 aliphatic rings. The second kappa shape index (κ2) is 8.63. The van der Waals surface area contributed by atoms with Gasteiger partial charge in [-0.05, 0) is 37.0 Å². The lowest BCUT2D eigenvalue weighted by atomic mass is 9.99. The van der Waals surface area contributed by atoms with Crippen molar-refractivity contribution in [1.29, 1.82) is 0 Å². The summed E-state index contributed by atoms with van der Waals surface area (Å²) in [5.41, 5.74) is 1.85. The normalized spacial score (nSPS) is 21.4. The molecule has 1 fully saturated rings. The standard InChI is InChI=1S/C20H27N5O2/c26-20(18-2-1-6-21-11-18)22-10-17-13-24(12-16-4-8-27-9-5-16)15-19-3-7-23-25(19)14-17/h1-3,6-7,11,16-17H,4-5,8-10,12-15H2,(H,22,26)/t17-/m1/s1. The molecule has 4 rings (SSSR count). The fourth-order valence-electron chi connectivity index (χ4n) is 4.02. The highest BCUT2D eigenvalue weighted by molar-refractivity contribution is 5.93. The number of fused-ring (bicyclic) bond motifs is 1. The van der Waals surface area contributed by atoms with Crippen LogP contribution in [-0.2, 0) is 17.8 Å². The number of aromatic nitrogens is 3. The van der Waals surface area contributed by atoms with Gasteiger partial charge in [0.2, 0.25) is 0 Å². The largest absolute Gasteiger partial charge is 0.381 e. The average Bonchev–Trinajstić information content (AvgIpc) is 3.06. The van der Waals surface area contributed by atoms with Crippen molar-refractivity contribution in [1.82, 2.24) is 25.0 Å². The lowest BCUT2D eigenvalue weighted by molar-refractivity contribution is 0.0494. The van der Waals surface area contributed by atoms with Crippen LogP contribution in [0.1, 0.15) is 28.9 Å². The third-order valence-electron chi connectivity index (χ3n) is 5.47. The minimum atomic E-state index is -0.0657. The number of hydrogen-bond acceptors (Lipinski definition) is 5. The zero-order valence-electron chi connectivity index (χ0n) is 15.6. The summed E-state index contributed by atoms with van der Waals surface area (Å²) in [5.74, 6) is 0.953. The number of ether oxygens (including phenoxy) is 1. The summed E-state index contributed by atoms with van der Waals surface area (Å²) in [6.07, 6.45) is 7.43. The average molecular weight is 369 g/mol. The van der Waals surface area contributed by atoms with Gasteiger partial charge in [-0.25, -0.2) is 0 Å². The molecule has 7 nitrogen and oxygen atoms in total. The minimum Gasteiger partial charge on any atom is -0.381 e. The van der Waals surface area contributed by atoms with Gasteiger partial charge >= 0.3 is 0 Å². The van der Waals surface area contributed by atoms with Gasteiger partial charge in [0, 0.05) is 70.4 Å². The van der Waals surface area contributed by atoms with Crippen LogP contribution in [0.15, 0.2) is 36.8 Å². The first kappa shape index (κ1) is 18.1. The lowest BCUT2D eigenvalue weighted by Gasteiger charge is -2.30. The Labute approximate surface area is 159 Å². The molecule has 2 aliphatic heterocycles. The van der Waals surface area contributed by atoms with Crippen molar-refractivity contribution in [3.8, 4) is 0 Å². The molecule has 1 N–H and O–H groups in total. The molecule has 1 atom stereocenters. The zero-order chi connectivity index (χ0) is 18.5. The van der Waals surface area contributed by atoms with Crippen LogP contribution < -0.4 is 5.32 Å². The topological polar surface area (TPSA) is 72.3 Å². The molecule has 2 aromatic rings. The van der Waals surface area contributed by atoms with Crippen LogP contribution in [0, 0.1) is 11.8 Å². The number of nitrogens with one attached hydrogen (secondary N) is 1. The van der Waals surface area contributed by atoms with Crippen molar-refractivity contribution in [3.05, 3.63) is 48.0 Å². The van der Waals surface area contributed by atoms with E-state index in [1.165, 1.54) is 5.69 Å². The number of nitrogens with zero attached hydrogens (tertiary/aromatic N) is 4. The maximum absolute atomic E-state index is 12.4. The second-order valence-electron chi connectivity index (χ2n) is 7.57. The van der Waals surface area contributed by atoms with Gasteiger partial charge in [-0.1, -0.05) is 0 Å². The highest BCUT2D eigenvalue weighted by Gasteiger charge is 2.25. The van der Waals surface area contributed by atoms with E-state index in [0.29, 0.717) is 23.9 Å². The quantitative estimate of drug-likeness (QED) is 0.866. The van der Waals surface area contributed by atoms with Crippen LogP contribution in [0.25, 0.3) is 0 Å². The van der Waals surface area contributed by atoms with E-state index in [0.717, 1.165) is 52.2 Å². The number of amides is 1. The molecule has 0 aromatic carbocycles. The monoisotopic (exact) mass is 369 g/mol. The molecule has 0 saturated carbocycles. The number of carbonyl (C=O) groups is 1. The van der Waals surface area contributed by atoms with E-state index in [1.54, 1.807) is 24.5 Å². The third-order valence-corrected chi connectivity index (χ3v) is 5.47. The Morgan fingerprint density at radius 2 is 2.07 bits per heavy atom. The van der Waals surface area contributed by atoms with Crippen LogP contribution in [-0.4, -0.2) is 58.4 Å². The lowest BCUT2D eigenvalue weighted by Crippen LogP contribution is -2.39. The molecule has 144 valence electrons. The van der Waals surface area contributed by atoms with Crippen LogP contribution in [0.4, 0.5) is 0 Å². The predicted molar refractivity (Wildman–Crippen MR) is 101 cm³/mol. The Morgan fingerprint density at radius 1 is 1.19 bits per heavy atom. The molecule has 0 bridgehead atoms. The maximum atomic E-state index is 12.4. The Morgan fingerprint density at radius 3 is 2.89 bits per heavy atom. The van der Waals surface area contributed by atoms with E-state index in [9.17, 15) is 4.79 Å². The van der Waals surface area contributed by atoms with E-state index in [1.807, 2.05) is 6.20 Å². The highest BCUT2D eigenvalue weighted by atomic mass is 16.5. The van der Waals surface area contributed by atoms with Gasteiger partial charge in [-0.15, -0.1) is 0 Å². The fourth-order valence-corrected chi connectivity index (χ4v) is 4.02. The van der Waals surface area contributed by atoms with Crippen LogP contribution >= 0.6 is 0 Å². The molecule has 27 heavy (non-hydrogen) atoms. The van der Waals surface area contributed by atoms with Gasteiger partial charge in [0.1, 0.15) is 0 Å². The summed E-state index contributed by atoms with van der Waals surface area (Å²) in [6, 6.07) is 5.68. The number of rotatable bonds is 5. The Hall–Kier alpha value is -2.25. The van der Waals surface area contributed by atoms with Gasteiger partial charge in [0.15, 0.2) is 0 Å². The molecule has 1 amide bonds. The third kappa shape index (κ3) is 4.73. The highest BCUT2D eigenvalue weighted by Crippen LogP contribution is 2.21. The van der Waals surface area contributed by atoms with E-state index in [2.05, 4.69) is 31.0 Å². The first-order chi connectivity index (χ1) is 13.3. The van der Waals surface area contributed by atoms with E-state index >= 15 is 0 Å². The summed E-state index contributed by atoms with van der Waals surface area (Å²) in [4.78, 5) is 18.9. The summed E-state index contributed by atoms with van der Waals surface area (Å²) in [5, 5.41) is 7.56. The summed E-state index contributed by atoms with van der Waals surface area (Å²) < 4.78 is 7.59. The van der Waals surface area contributed by atoms with Crippen LogP contribution in [0.5, 0.6) is 0 Å². The van der Waals surface area contributed by atoms with E-state index < -0.39 is 0 Å². The summed E-state index contributed by atoms with van der Waals surface area (Å²) >= 11 is 0. The van der Waals surface area contributed by atoms with Crippen molar-refractivity contribution in [3.63, 3.8) is 0 Å². The second-order valence-corrected chi connectivity index (χ2v) is 7.57. The van der Waals surface area contributed by atoms with Gasteiger partial charge < -0.3 is 10.1 Å². The van der Waals surface area contributed by atoms with Crippen molar-refractivity contribution in [2.75, 3.05) is 32.8 Å². The number of pyridine rings is 1. The van der Waals surface area contributed by atoms with E-state index in [4.69, 9.17) is 4.74 Å². The fraction of sp³-hybridized carbons (Fsp3) is 0.550. The SMILES string of the molecule is O=C(NC[C@@H]1CN(CC2CCOCC2)Cc2ccnn2C1)c1cccnc1. The Kier molecular flexibility index (Phi) is 5.79. The minimum absolute atomic E-state index is 0.0657. The van der Waals surface area contributed by atoms with E-state index in [-0.39, 0.29) is 5.91 Å². The summed E-state index contributed by atoms with van der Waals surface area (Å²) in [6.45, 7) is 6.19. The van der Waals surface area contributed by atoms with Crippen LogP contribution in [0.2, 0.25) is 0 Å². The smallest absolute Gasteiger partial charge is 0.252 e. The van der Waals surface area contributed by atoms with Crippen molar-refractivity contribution in [2.24, 2.45) is 11.8 Å². The molecular weight excluding hydrogens is 342 g/mol. The molecule has 0 radical (unpaired) electrons. The van der Waals surface area contributed by atoms with Gasteiger partial charge in [-0.2, -0.15) is 5.10 Å². The first-order valence-electron chi connectivity index (χ1n) is 9.77. The number of carbonyl (C=O) groups excluding carboxylic acids is 1. The molecule has 7 heteroatoms. The van der Waals surface area contributed by atoms with Crippen molar-refractivity contribution in [2.45, 2.75) is 25.9 Å². The predicted octanol–water partition coefficient (Wildman–Crippen LogP) is 1.57. The molecule has 0 spiro atoms. The molecule has 2 aromatic heterocycles. The summed E-state index contributed by atoms with van der Waals surface area (Å²) in [7, 11) is 0. The van der Waals surface area contributed by atoms with Crippen LogP contribution in [0.3, 0.4) is 0 Å². The van der Waals surface area contributed by atoms with Gasteiger partial charge in [0.05, 0.1) is 11.3 Å². The molecule has 0 unspecified atom stereocenters.